The topological polar surface area (TPSA) is 127 Å². The van der Waals surface area contributed by atoms with Crippen molar-refractivity contribution in [3.63, 3.8) is 0 Å². The summed E-state index contributed by atoms with van der Waals surface area (Å²) in [5, 5.41) is 8.77. The zero-order valence-electron chi connectivity index (χ0n) is 17.8. The number of pyridine rings is 1. The van der Waals surface area contributed by atoms with Crippen LogP contribution in [0.2, 0.25) is 0 Å². The van der Waals surface area contributed by atoms with Gasteiger partial charge in [-0.15, -0.1) is 0 Å². The fourth-order valence-corrected chi connectivity index (χ4v) is 2.85. The lowest BCUT2D eigenvalue weighted by atomic mass is 10.0. The van der Waals surface area contributed by atoms with Gasteiger partial charge in [0.15, 0.2) is 6.10 Å². The van der Waals surface area contributed by atoms with Crippen LogP contribution >= 0.6 is 11.6 Å². The van der Waals surface area contributed by atoms with Crippen LogP contribution < -0.4 is 21.5 Å². The lowest BCUT2D eigenvalue weighted by molar-refractivity contribution is -0.189. The Hall–Kier alpha value is -3.55. The van der Waals surface area contributed by atoms with E-state index in [1.54, 1.807) is 0 Å². The summed E-state index contributed by atoms with van der Waals surface area (Å²) >= 11 is 5.53. The van der Waals surface area contributed by atoms with Crippen LogP contribution in [0.5, 0.6) is 5.75 Å². The molecule has 1 aromatic heterocycles. The summed E-state index contributed by atoms with van der Waals surface area (Å²) < 4.78 is 97.8. The number of ether oxygens (including phenoxy) is 1. The molecule has 0 bridgehead atoms. The van der Waals surface area contributed by atoms with Crippen LogP contribution in [0.1, 0.15) is 29.8 Å². The molecular weight excluding hydrogens is 511 g/mol. The fraction of sp³-hybridized carbons (Fsp3) is 0.250. The Balaban J connectivity index is 2.66. The van der Waals surface area contributed by atoms with Crippen molar-refractivity contribution in [3.8, 4) is 17.0 Å². The number of rotatable bonds is 6. The van der Waals surface area contributed by atoms with Crippen molar-refractivity contribution in [1.29, 1.82) is 5.41 Å². The maximum Gasteiger partial charge on any atom is 0.425 e. The Bertz CT molecular complexity index is 1190. The molecule has 1 aromatic carbocycles. The van der Waals surface area contributed by atoms with E-state index in [9.17, 15) is 35.5 Å². The molecule has 0 saturated heterocycles. The van der Waals surface area contributed by atoms with E-state index in [2.05, 4.69) is 10.3 Å². The van der Waals surface area contributed by atoms with E-state index in [0.717, 1.165) is 6.07 Å². The summed E-state index contributed by atoms with van der Waals surface area (Å²) in [6.45, 7) is 1.88. The third-order valence-electron chi connectivity index (χ3n) is 4.44. The van der Waals surface area contributed by atoms with E-state index in [-0.39, 0.29) is 5.70 Å². The number of alkyl halides is 6. The van der Waals surface area contributed by atoms with E-state index >= 15 is 0 Å². The molecule has 0 saturated carbocycles. The largest absolute Gasteiger partial charge is 0.480 e. The number of allylic oxidation sites excluding steroid dienone is 2. The molecule has 190 valence electrons. The molecule has 0 radical (unpaired) electrons. The Labute approximate surface area is 198 Å². The van der Waals surface area contributed by atoms with Crippen LogP contribution in [0.25, 0.3) is 11.3 Å². The van der Waals surface area contributed by atoms with Gasteiger partial charge in [0.1, 0.15) is 22.6 Å². The van der Waals surface area contributed by atoms with Gasteiger partial charge in [-0.25, -0.2) is 9.37 Å². The van der Waals surface area contributed by atoms with Crippen LogP contribution in [0.4, 0.5) is 36.6 Å². The molecule has 35 heavy (non-hydrogen) atoms. The summed E-state index contributed by atoms with van der Waals surface area (Å²) in [6, 6.07) is 2.41. The highest BCUT2D eigenvalue weighted by molar-refractivity contribution is 6.68. The number of benzene rings is 1. The van der Waals surface area contributed by atoms with Gasteiger partial charge in [0, 0.05) is 11.3 Å². The molecule has 0 aliphatic heterocycles. The predicted octanol–water partition coefficient (Wildman–Crippen LogP) is 4.95. The molecule has 0 aliphatic carbocycles. The number of carbonyl (C=O) groups is 1. The quantitative estimate of drug-likeness (QED) is 0.312. The second kappa shape index (κ2) is 9.98. The highest BCUT2D eigenvalue weighted by Crippen LogP contribution is 2.36. The van der Waals surface area contributed by atoms with Gasteiger partial charge in [-0.1, -0.05) is 11.6 Å². The SMILES string of the molecule is C/C(N)=C(\NC(=O)c1cc(F)c(-c2ccc(C(F)(F)F)c(N)n2)cc1O[C@@H](C)C(F)(F)F)C(=N)Cl. The van der Waals surface area contributed by atoms with E-state index in [4.69, 9.17) is 33.2 Å². The minimum Gasteiger partial charge on any atom is -0.480 e. The number of nitrogens with two attached hydrogens (primary N) is 2. The van der Waals surface area contributed by atoms with Crippen molar-refractivity contribution >= 4 is 28.5 Å². The number of hydrogen-bond donors (Lipinski definition) is 4. The summed E-state index contributed by atoms with van der Waals surface area (Å²) in [7, 11) is 0. The predicted molar refractivity (Wildman–Crippen MR) is 113 cm³/mol. The van der Waals surface area contributed by atoms with Gasteiger partial charge in [-0.05, 0) is 38.1 Å². The third-order valence-corrected chi connectivity index (χ3v) is 4.63. The molecule has 15 heteroatoms. The van der Waals surface area contributed by atoms with Crippen molar-refractivity contribution in [2.45, 2.75) is 32.3 Å². The van der Waals surface area contributed by atoms with Crippen LogP contribution in [0.3, 0.4) is 0 Å². The molecular formula is C20H17ClF7N5O2. The van der Waals surface area contributed by atoms with Gasteiger partial charge < -0.3 is 21.5 Å². The molecule has 0 unspecified atom stereocenters. The second-order valence-electron chi connectivity index (χ2n) is 7.08. The standard InChI is InChI=1S/C20H17ClF7N5O2/c1-7(29)15(16(21)30)33-18(34)10-5-12(22)9(6-14(10)35-8(2)19(23,24)25)13-4-3-11(17(31)32-13)20(26,27)28/h3-6,8,30H,29H2,1-2H3,(H2,31,32)(H,33,34)/b15-7+,30-16?/t8-/m0/s1. The highest BCUT2D eigenvalue weighted by atomic mass is 35.5. The molecule has 6 N–H and O–H groups in total. The second-order valence-corrected chi connectivity index (χ2v) is 7.46. The number of halogens is 8. The number of amides is 1. The van der Waals surface area contributed by atoms with Crippen molar-refractivity contribution in [3.05, 3.63) is 52.6 Å². The molecule has 0 aliphatic rings. The number of nitrogen functional groups attached to an aromatic ring is 1. The van der Waals surface area contributed by atoms with Crippen molar-refractivity contribution in [1.82, 2.24) is 10.3 Å². The molecule has 1 heterocycles. The van der Waals surface area contributed by atoms with Crippen molar-refractivity contribution in [2.75, 3.05) is 5.73 Å². The fourth-order valence-electron chi connectivity index (χ4n) is 2.65. The molecule has 0 spiro atoms. The Morgan fingerprint density at radius 1 is 1.20 bits per heavy atom. The first-order chi connectivity index (χ1) is 15.9. The summed E-state index contributed by atoms with van der Waals surface area (Å²) in [6.07, 6.45) is -12.2. The average Bonchev–Trinajstić information content (AvgIpc) is 2.70. The number of nitrogens with one attached hydrogen (secondary N) is 2. The van der Waals surface area contributed by atoms with E-state index in [1.165, 1.54) is 6.92 Å². The number of nitrogens with zero attached hydrogens (tertiary/aromatic N) is 1. The first kappa shape index (κ1) is 27.7. The molecule has 0 fully saturated rings. The van der Waals surface area contributed by atoms with Crippen molar-refractivity contribution < 1.29 is 40.3 Å². The number of carbonyl (C=O) groups excluding carboxylic acids is 1. The lowest BCUT2D eigenvalue weighted by Gasteiger charge is -2.21. The van der Waals surface area contributed by atoms with Crippen LogP contribution in [0, 0.1) is 11.2 Å². The Kier molecular flexibility index (Phi) is 7.89. The summed E-state index contributed by atoms with van der Waals surface area (Å²) in [5.74, 6) is -4.27. The Morgan fingerprint density at radius 3 is 2.26 bits per heavy atom. The normalized spacial score (nSPS) is 13.7. The maximum atomic E-state index is 14.9. The number of hydrogen-bond acceptors (Lipinski definition) is 6. The number of anilines is 1. The van der Waals surface area contributed by atoms with Gasteiger partial charge in [-0.2, -0.15) is 26.3 Å². The Morgan fingerprint density at radius 2 is 1.80 bits per heavy atom. The molecule has 2 aromatic rings. The van der Waals surface area contributed by atoms with Gasteiger partial charge in [0.2, 0.25) is 0 Å². The highest BCUT2D eigenvalue weighted by Gasteiger charge is 2.39. The maximum absolute atomic E-state index is 14.9. The zero-order valence-corrected chi connectivity index (χ0v) is 18.6. The van der Waals surface area contributed by atoms with Crippen LogP contribution in [0.15, 0.2) is 35.7 Å². The molecule has 1 atom stereocenters. The van der Waals surface area contributed by atoms with Gasteiger partial charge in [0.05, 0.1) is 22.5 Å². The van der Waals surface area contributed by atoms with Crippen LogP contribution in [-0.4, -0.2) is 28.3 Å². The summed E-state index contributed by atoms with van der Waals surface area (Å²) in [5.41, 5.74) is 7.18. The zero-order chi connectivity index (χ0) is 26.9. The monoisotopic (exact) mass is 527 g/mol. The van der Waals surface area contributed by atoms with E-state index in [1.807, 2.05) is 0 Å². The number of aromatic nitrogens is 1. The van der Waals surface area contributed by atoms with Crippen LogP contribution in [-0.2, 0) is 6.18 Å². The average molecular weight is 528 g/mol. The smallest absolute Gasteiger partial charge is 0.425 e. The minimum atomic E-state index is -4.89. The van der Waals surface area contributed by atoms with Crippen molar-refractivity contribution in [2.24, 2.45) is 5.73 Å². The first-order valence-corrected chi connectivity index (χ1v) is 9.74. The van der Waals surface area contributed by atoms with Gasteiger partial charge in [-0.3, -0.25) is 10.2 Å². The van der Waals surface area contributed by atoms with Gasteiger partial charge >= 0.3 is 12.4 Å². The molecule has 7 nitrogen and oxygen atoms in total. The summed E-state index contributed by atoms with van der Waals surface area (Å²) in [4.78, 5) is 16.2. The minimum absolute atomic E-state index is 0.133. The van der Waals surface area contributed by atoms with Gasteiger partial charge in [0.25, 0.3) is 5.91 Å². The molecule has 1 amide bonds. The lowest BCUT2D eigenvalue weighted by Crippen LogP contribution is -2.33. The van der Waals surface area contributed by atoms with E-state index < -0.39 is 75.0 Å². The third kappa shape index (κ3) is 6.53. The van der Waals surface area contributed by atoms with E-state index in [0.29, 0.717) is 25.1 Å². The molecule has 2 rings (SSSR count). The first-order valence-electron chi connectivity index (χ1n) is 9.36.